The van der Waals surface area contributed by atoms with Crippen molar-refractivity contribution in [3.05, 3.63) is 77.6 Å². The third kappa shape index (κ3) is 4.87. The minimum absolute atomic E-state index is 0.308. The Balaban J connectivity index is 1.68. The molecule has 1 saturated heterocycles. The van der Waals surface area contributed by atoms with Gasteiger partial charge in [0.15, 0.2) is 0 Å². The van der Waals surface area contributed by atoms with E-state index in [1.54, 1.807) is 12.1 Å². The van der Waals surface area contributed by atoms with Crippen molar-refractivity contribution >= 4 is 22.7 Å². The molecule has 0 atom stereocenters. The van der Waals surface area contributed by atoms with Crippen LogP contribution in [0.1, 0.15) is 68.2 Å². The van der Waals surface area contributed by atoms with E-state index >= 15 is 0 Å². The number of hydrogen-bond acceptors (Lipinski definition) is 3. The molecule has 4 aromatic rings. The first kappa shape index (κ1) is 25.1. The first-order valence-corrected chi connectivity index (χ1v) is 13.5. The molecular formula is C32H37N3O2. The molecule has 3 aromatic carbocycles. The number of benzene rings is 3. The second-order valence-electron chi connectivity index (χ2n) is 11.1. The van der Waals surface area contributed by atoms with E-state index < -0.39 is 5.97 Å². The Kier molecular flexibility index (Phi) is 6.80. The van der Waals surface area contributed by atoms with Crippen LogP contribution in [0.2, 0.25) is 0 Å². The van der Waals surface area contributed by atoms with E-state index in [1.807, 2.05) is 24.3 Å². The summed E-state index contributed by atoms with van der Waals surface area (Å²) >= 11 is 0. The van der Waals surface area contributed by atoms with Gasteiger partial charge in [0.05, 0.1) is 22.3 Å². The number of hydrogen-bond donors (Lipinski definition) is 1. The molecule has 1 fully saturated rings. The van der Waals surface area contributed by atoms with Crippen LogP contribution in [-0.2, 0) is 6.42 Å². The summed E-state index contributed by atoms with van der Waals surface area (Å²) in [5, 5.41) is 9.83. The zero-order chi connectivity index (χ0) is 26.2. The highest BCUT2D eigenvalue weighted by atomic mass is 16.4. The van der Waals surface area contributed by atoms with Gasteiger partial charge < -0.3 is 10.0 Å². The Morgan fingerprint density at radius 2 is 1.84 bits per heavy atom. The molecule has 0 unspecified atom stereocenters. The Morgan fingerprint density at radius 3 is 2.59 bits per heavy atom. The van der Waals surface area contributed by atoms with Gasteiger partial charge >= 0.3 is 5.97 Å². The summed E-state index contributed by atoms with van der Waals surface area (Å²) < 4.78 is 2.31. The Labute approximate surface area is 219 Å². The summed E-state index contributed by atoms with van der Waals surface area (Å²) in [6, 6.07) is 20.1. The average Bonchev–Trinajstić information content (AvgIpc) is 3.24. The molecule has 0 spiro atoms. The van der Waals surface area contributed by atoms with Crippen LogP contribution in [-0.4, -0.2) is 33.7 Å². The number of piperidine rings is 1. The normalized spacial score (nSPS) is 15.3. The van der Waals surface area contributed by atoms with E-state index in [0.717, 1.165) is 71.6 Å². The van der Waals surface area contributed by atoms with E-state index in [-0.39, 0.29) is 0 Å². The highest BCUT2D eigenvalue weighted by molar-refractivity contribution is 5.97. The Hall–Kier alpha value is -3.60. The minimum Gasteiger partial charge on any atom is -0.478 e. The molecule has 5 rings (SSSR count). The number of nitrogens with zero attached hydrogens (tertiary/aromatic N) is 3. The molecule has 0 aliphatic carbocycles. The van der Waals surface area contributed by atoms with Crippen molar-refractivity contribution in [3.63, 3.8) is 0 Å². The fourth-order valence-corrected chi connectivity index (χ4v) is 5.79. The number of carboxylic acid groups (broad SMARTS) is 1. The van der Waals surface area contributed by atoms with Crippen LogP contribution in [0.25, 0.3) is 27.8 Å². The van der Waals surface area contributed by atoms with Gasteiger partial charge in [0.1, 0.15) is 5.82 Å². The third-order valence-corrected chi connectivity index (χ3v) is 7.72. The number of carbonyl (C=O) groups is 1. The number of carboxylic acids is 1. The smallest absolute Gasteiger partial charge is 0.336 e. The maximum atomic E-state index is 12.0. The monoisotopic (exact) mass is 495 g/mol. The fraction of sp³-hybridized carbons (Fsp3) is 0.375. The summed E-state index contributed by atoms with van der Waals surface area (Å²) in [5.41, 5.74) is 7.77. The predicted molar refractivity (Wildman–Crippen MR) is 152 cm³/mol. The largest absolute Gasteiger partial charge is 0.478 e. The van der Waals surface area contributed by atoms with Gasteiger partial charge in [-0.3, -0.25) is 4.57 Å². The lowest BCUT2D eigenvalue weighted by atomic mass is 9.84. The zero-order valence-corrected chi connectivity index (χ0v) is 22.4. The molecule has 37 heavy (non-hydrogen) atoms. The highest BCUT2D eigenvalue weighted by Crippen LogP contribution is 2.36. The van der Waals surface area contributed by atoms with Crippen LogP contribution in [0.4, 0.5) is 5.69 Å². The van der Waals surface area contributed by atoms with Crippen molar-refractivity contribution in [2.45, 2.75) is 59.8 Å². The van der Waals surface area contributed by atoms with E-state index in [9.17, 15) is 9.90 Å². The summed E-state index contributed by atoms with van der Waals surface area (Å²) in [7, 11) is 0. The molecule has 1 N–H and O–H groups in total. The number of aromatic carboxylic acids is 1. The van der Waals surface area contributed by atoms with Gasteiger partial charge in [0.2, 0.25) is 0 Å². The van der Waals surface area contributed by atoms with Gasteiger partial charge in [-0.1, -0.05) is 57.5 Å². The van der Waals surface area contributed by atoms with Crippen LogP contribution < -0.4 is 4.90 Å². The minimum atomic E-state index is -0.911. The van der Waals surface area contributed by atoms with E-state index in [4.69, 9.17) is 4.98 Å². The van der Waals surface area contributed by atoms with Crippen LogP contribution in [0.3, 0.4) is 0 Å². The first-order valence-electron chi connectivity index (χ1n) is 13.5. The van der Waals surface area contributed by atoms with E-state index in [2.05, 4.69) is 61.4 Å². The van der Waals surface area contributed by atoms with Crippen molar-refractivity contribution in [2.75, 3.05) is 18.0 Å². The number of anilines is 1. The first-order chi connectivity index (χ1) is 17.8. The molecule has 0 amide bonds. The lowest BCUT2D eigenvalue weighted by Gasteiger charge is -2.39. The van der Waals surface area contributed by atoms with Crippen molar-refractivity contribution < 1.29 is 9.90 Å². The van der Waals surface area contributed by atoms with E-state index in [1.165, 1.54) is 18.5 Å². The molecular weight excluding hydrogens is 458 g/mol. The van der Waals surface area contributed by atoms with Gasteiger partial charge in [-0.15, -0.1) is 0 Å². The summed E-state index contributed by atoms with van der Waals surface area (Å²) in [6.45, 7) is 11.1. The maximum Gasteiger partial charge on any atom is 0.336 e. The number of imidazole rings is 1. The molecule has 1 aliphatic rings. The van der Waals surface area contributed by atoms with Crippen LogP contribution in [0.15, 0.2) is 60.7 Å². The van der Waals surface area contributed by atoms with Crippen molar-refractivity contribution in [3.8, 4) is 16.8 Å². The van der Waals surface area contributed by atoms with Crippen LogP contribution >= 0.6 is 0 Å². The third-order valence-electron chi connectivity index (χ3n) is 7.72. The number of aromatic nitrogens is 2. The van der Waals surface area contributed by atoms with Crippen molar-refractivity contribution in [1.29, 1.82) is 0 Å². The Bertz CT molecular complexity index is 1450. The SMILES string of the molecule is CCCCc1nc2ccc(N3CCCC(C)(C)C3)cc2n1-c1cccc(-c2ccccc2C(=O)O)c1C. The quantitative estimate of drug-likeness (QED) is 0.286. The zero-order valence-electron chi connectivity index (χ0n) is 22.4. The number of aryl methyl sites for hydroxylation is 1. The highest BCUT2D eigenvalue weighted by Gasteiger charge is 2.27. The van der Waals surface area contributed by atoms with E-state index in [0.29, 0.717) is 11.0 Å². The molecule has 0 bridgehead atoms. The van der Waals surface area contributed by atoms with Gasteiger partial charge in [-0.25, -0.2) is 9.78 Å². The fourth-order valence-electron chi connectivity index (χ4n) is 5.79. The van der Waals surface area contributed by atoms with Crippen LogP contribution in [0.5, 0.6) is 0 Å². The summed E-state index contributed by atoms with van der Waals surface area (Å²) in [4.78, 5) is 19.6. The second-order valence-corrected chi connectivity index (χ2v) is 11.1. The van der Waals surface area contributed by atoms with Crippen LogP contribution in [0, 0.1) is 12.3 Å². The van der Waals surface area contributed by atoms with Crippen molar-refractivity contribution in [2.24, 2.45) is 5.41 Å². The Morgan fingerprint density at radius 1 is 1.05 bits per heavy atom. The second kappa shape index (κ2) is 10.0. The molecule has 0 saturated carbocycles. The van der Waals surface area contributed by atoms with Gasteiger partial charge in [-0.2, -0.15) is 0 Å². The van der Waals surface area contributed by atoms with Gasteiger partial charge in [0.25, 0.3) is 0 Å². The predicted octanol–water partition coefficient (Wildman–Crippen LogP) is 7.67. The van der Waals surface area contributed by atoms with Gasteiger partial charge in [-0.05, 0) is 78.6 Å². The molecule has 5 heteroatoms. The topological polar surface area (TPSA) is 58.4 Å². The summed E-state index contributed by atoms with van der Waals surface area (Å²) in [5.74, 6) is 0.144. The molecule has 0 radical (unpaired) electrons. The molecule has 5 nitrogen and oxygen atoms in total. The van der Waals surface area contributed by atoms with Crippen molar-refractivity contribution in [1.82, 2.24) is 9.55 Å². The average molecular weight is 496 g/mol. The molecule has 1 aromatic heterocycles. The number of rotatable bonds is 7. The lowest BCUT2D eigenvalue weighted by molar-refractivity contribution is 0.0697. The number of fused-ring (bicyclic) bond motifs is 1. The molecule has 192 valence electrons. The molecule has 1 aliphatic heterocycles. The summed E-state index contributed by atoms with van der Waals surface area (Å²) in [6.07, 6.45) is 5.52. The lowest BCUT2D eigenvalue weighted by Crippen LogP contribution is -2.40. The maximum absolute atomic E-state index is 12.0. The molecule has 2 heterocycles. The standard InChI is InChI=1S/C32H37N3O2/c1-5-6-15-30-33-27-17-16-23(34-19-10-18-32(3,4)21-34)20-29(27)35(30)28-14-9-13-24(22(28)2)25-11-7-8-12-26(25)31(36)37/h7-9,11-14,16-17,20H,5-6,10,15,18-19,21H2,1-4H3,(H,36,37). The number of unbranched alkanes of at least 4 members (excludes halogenated alkanes) is 1. The van der Waals surface area contributed by atoms with Gasteiger partial charge in [0, 0.05) is 25.2 Å².